The van der Waals surface area contributed by atoms with E-state index in [-0.39, 0.29) is 17.5 Å². The first kappa shape index (κ1) is 17.6. The summed E-state index contributed by atoms with van der Waals surface area (Å²) in [6.45, 7) is 2.72. The van der Waals surface area contributed by atoms with Gasteiger partial charge >= 0.3 is 0 Å². The predicted octanol–water partition coefficient (Wildman–Crippen LogP) is 4.29. The number of benzene rings is 2. The number of methoxy groups -OCH3 is 1. The van der Waals surface area contributed by atoms with Crippen LogP contribution >= 0.6 is 0 Å². The van der Waals surface area contributed by atoms with Gasteiger partial charge in [-0.1, -0.05) is 36.8 Å². The summed E-state index contributed by atoms with van der Waals surface area (Å²) < 4.78 is 19.0. The van der Waals surface area contributed by atoms with Gasteiger partial charge in [-0.05, 0) is 49.7 Å². The number of ketones is 1. The lowest BCUT2D eigenvalue weighted by Crippen LogP contribution is -2.36. The van der Waals surface area contributed by atoms with E-state index >= 15 is 0 Å². The van der Waals surface area contributed by atoms with Crippen molar-refractivity contribution in [2.24, 2.45) is 0 Å². The Bertz CT molecular complexity index is 711. The standard InChI is InChI=1S/C21H24FNO2/c1-25-20-11-10-17(14-19(20)22)21(24)18(16-8-4-2-5-9-16)15-23-12-6-3-7-13-23/h2,4-5,8-11,14,18H,3,6-7,12-13,15H2,1H3/t18-/m0/s1. The van der Waals surface area contributed by atoms with Crippen molar-refractivity contribution >= 4 is 5.78 Å². The summed E-state index contributed by atoms with van der Waals surface area (Å²) in [5.41, 5.74) is 1.37. The van der Waals surface area contributed by atoms with Crippen molar-refractivity contribution in [1.29, 1.82) is 0 Å². The van der Waals surface area contributed by atoms with Crippen LogP contribution in [-0.2, 0) is 0 Å². The van der Waals surface area contributed by atoms with Gasteiger partial charge in [-0.25, -0.2) is 4.39 Å². The number of piperidine rings is 1. The van der Waals surface area contributed by atoms with Crippen molar-refractivity contribution in [3.8, 4) is 5.75 Å². The summed E-state index contributed by atoms with van der Waals surface area (Å²) in [7, 11) is 1.42. The monoisotopic (exact) mass is 341 g/mol. The highest BCUT2D eigenvalue weighted by Gasteiger charge is 2.26. The molecule has 132 valence electrons. The van der Waals surface area contributed by atoms with Crippen LogP contribution in [0.2, 0.25) is 0 Å². The van der Waals surface area contributed by atoms with E-state index in [4.69, 9.17) is 4.74 Å². The minimum atomic E-state index is -0.502. The lowest BCUT2D eigenvalue weighted by atomic mass is 9.89. The van der Waals surface area contributed by atoms with Gasteiger partial charge in [0.05, 0.1) is 13.0 Å². The van der Waals surface area contributed by atoms with E-state index in [9.17, 15) is 9.18 Å². The third kappa shape index (κ3) is 4.26. The Morgan fingerprint density at radius 2 is 1.84 bits per heavy atom. The molecular weight excluding hydrogens is 317 g/mol. The van der Waals surface area contributed by atoms with E-state index in [1.54, 1.807) is 6.07 Å². The fourth-order valence-corrected chi connectivity index (χ4v) is 3.45. The number of ether oxygens (including phenoxy) is 1. The molecule has 1 aliphatic heterocycles. The molecule has 1 fully saturated rings. The van der Waals surface area contributed by atoms with Gasteiger partial charge in [0, 0.05) is 12.1 Å². The molecule has 0 N–H and O–H groups in total. The number of halogens is 1. The second-order valence-corrected chi connectivity index (χ2v) is 6.54. The van der Waals surface area contributed by atoms with E-state index in [2.05, 4.69) is 4.90 Å². The van der Waals surface area contributed by atoms with Crippen LogP contribution < -0.4 is 4.74 Å². The molecule has 0 saturated carbocycles. The van der Waals surface area contributed by atoms with Gasteiger partial charge in [0.2, 0.25) is 0 Å². The van der Waals surface area contributed by atoms with E-state index in [0.29, 0.717) is 12.1 Å². The molecule has 1 heterocycles. The van der Waals surface area contributed by atoms with Crippen molar-refractivity contribution in [1.82, 2.24) is 4.90 Å². The first-order valence-corrected chi connectivity index (χ1v) is 8.84. The molecule has 0 amide bonds. The smallest absolute Gasteiger partial charge is 0.171 e. The van der Waals surface area contributed by atoms with Crippen molar-refractivity contribution < 1.29 is 13.9 Å². The SMILES string of the molecule is COc1ccc(C(=O)[C@@H](CN2CCCCC2)c2ccccc2)cc1F. The van der Waals surface area contributed by atoms with Crippen LogP contribution in [-0.4, -0.2) is 37.4 Å². The summed E-state index contributed by atoms with van der Waals surface area (Å²) >= 11 is 0. The van der Waals surface area contributed by atoms with Crippen LogP contribution in [0.1, 0.15) is 41.1 Å². The highest BCUT2D eigenvalue weighted by molar-refractivity contribution is 6.01. The zero-order chi connectivity index (χ0) is 17.6. The molecule has 1 atom stereocenters. The predicted molar refractivity (Wildman–Crippen MR) is 96.8 cm³/mol. The molecule has 2 aromatic rings. The van der Waals surface area contributed by atoms with Crippen LogP contribution in [0.25, 0.3) is 0 Å². The highest BCUT2D eigenvalue weighted by atomic mass is 19.1. The Labute approximate surface area is 148 Å². The molecule has 25 heavy (non-hydrogen) atoms. The van der Waals surface area contributed by atoms with Gasteiger partial charge in [-0.3, -0.25) is 4.79 Å². The van der Waals surface area contributed by atoms with E-state index in [1.807, 2.05) is 30.3 Å². The number of Topliss-reactive ketones (excluding diaryl/α,β-unsaturated/α-hetero) is 1. The van der Waals surface area contributed by atoms with Gasteiger partial charge in [0.1, 0.15) is 0 Å². The van der Waals surface area contributed by atoms with Gasteiger partial charge in [-0.2, -0.15) is 0 Å². The van der Waals surface area contributed by atoms with Gasteiger partial charge in [0.25, 0.3) is 0 Å². The molecule has 0 aliphatic carbocycles. The Balaban J connectivity index is 1.87. The molecule has 0 radical (unpaired) electrons. The number of rotatable bonds is 6. The second-order valence-electron chi connectivity index (χ2n) is 6.54. The lowest BCUT2D eigenvalue weighted by Gasteiger charge is -2.30. The van der Waals surface area contributed by atoms with Crippen molar-refractivity contribution in [3.05, 3.63) is 65.5 Å². The van der Waals surface area contributed by atoms with Gasteiger partial charge < -0.3 is 9.64 Å². The molecule has 1 saturated heterocycles. The van der Waals surface area contributed by atoms with E-state index in [1.165, 1.54) is 38.5 Å². The van der Waals surface area contributed by atoms with Crippen molar-refractivity contribution in [2.45, 2.75) is 25.2 Å². The summed E-state index contributed by atoms with van der Waals surface area (Å²) in [4.78, 5) is 15.5. The Kier molecular flexibility index (Phi) is 5.82. The quantitative estimate of drug-likeness (QED) is 0.734. The van der Waals surface area contributed by atoms with E-state index < -0.39 is 5.82 Å². The van der Waals surface area contributed by atoms with Crippen LogP contribution in [0.5, 0.6) is 5.75 Å². The Morgan fingerprint density at radius 1 is 1.12 bits per heavy atom. The molecule has 0 bridgehead atoms. The molecule has 3 nitrogen and oxygen atoms in total. The van der Waals surface area contributed by atoms with Crippen molar-refractivity contribution in [3.63, 3.8) is 0 Å². The minimum absolute atomic E-state index is 0.0432. The number of carbonyl (C=O) groups excluding carboxylic acids is 1. The molecule has 3 rings (SSSR count). The zero-order valence-corrected chi connectivity index (χ0v) is 14.6. The number of likely N-dealkylation sites (tertiary alicyclic amines) is 1. The third-order valence-electron chi connectivity index (χ3n) is 4.84. The number of hydrogen-bond acceptors (Lipinski definition) is 3. The molecule has 0 spiro atoms. The zero-order valence-electron chi connectivity index (χ0n) is 14.6. The van der Waals surface area contributed by atoms with Gasteiger partial charge in [0.15, 0.2) is 17.3 Å². The first-order valence-electron chi connectivity index (χ1n) is 8.84. The molecule has 0 aromatic heterocycles. The molecule has 1 aliphatic rings. The van der Waals surface area contributed by atoms with Crippen LogP contribution in [0.3, 0.4) is 0 Å². The minimum Gasteiger partial charge on any atom is -0.494 e. The normalized spacial score (nSPS) is 16.4. The molecule has 0 unspecified atom stereocenters. The fourth-order valence-electron chi connectivity index (χ4n) is 3.45. The van der Waals surface area contributed by atoms with Crippen LogP contribution in [0.4, 0.5) is 4.39 Å². The Hall–Kier alpha value is -2.20. The third-order valence-corrected chi connectivity index (χ3v) is 4.84. The summed E-state index contributed by atoms with van der Waals surface area (Å²) in [5, 5.41) is 0. The van der Waals surface area contributed by atoms with Crippen molar-refractivity contribution in [2.75, 3.05) is 26.7 Å². The second kappa shape index (κ2) is 8.26. The van der Waals surface area contributed by atoms with Crippen LogP contribution in [0.15, 0.2) is 48.5 Å². The number of nitrogens with zero attached hydrogens (tertiary/aromatic N) is 1. The van der Waals surface area contributed by atoms with Crippen LogP contribution in [0, 0.1) is 5.82 Å². The summed E-state index contributed by atoms with van der Waals surface area (Å²) in [6, 6.07) is 14.2. The summed E-state index contributed by atoms with van der Waals surface area (Å²) in [6.07, 6.45) is 3.60. The topological polar surface area (TPSA) is 29.5 Å². The lowest BCUT2D eigenvalue weighted by molar-refractivity contribution is 0.0925. The van der Waals surface area contributed by atoms with Gasteiger partial charge in [-0.15, -0.1) is 0 Å². The maximum Gasteiger partial charge on any atom is 0.171 e. The maximum absolute atomic E-state index is 14.0. The average molecular weight is 341 g/mol. The highest BCUT2D eigenvalue weighted by Crippen LogP contribution is 2.26. The molecular formula is C21H24FNO2. The molecule has 2 aromatic carbocycles. The first-order chi connectivity index (χ1) is 12.2. The maximum atomic E-state index is 14.0. The summed E-state index contributed by atoms with van der Waals surface area (Å²) in [5.74, 6) is -0.674. The Morgan fingerprint density at radius 3 is 2.48 bits per heavy atom. The molecule has 4 heteroatoms. The number of hydrogen-bond donors (Lipinski definition) is 0. The largest absolute Gasteiger partial charge is 0.494 e. The van der Waals surface area contributed by atoms with E-state index in [0.717, 1.165) is 18.7 Å². The average Bonchev–Trinajstić information content (AvgIpc) is 2.67. The number of carbonyl (C=O) groups is 1. The fraction of sp³-hybridized carbons (Fsp3) is 0.381.